The average molecular weight is 324 g/mol. The smallest absolute Gasteiger partial charge is 0.109 e. The molecule has 0 aliphatic carbocycles. The molecule has 0 unspecified atom stereocenters. The van der Waals surface area contributed by atoms with Gasteiger partial charge in [0, 0.05) is 18.4 Å². The van der Waals surface area contributed by atoms with E-state index in [-0.39, 0.29) is 0 Å². The highest BCUT2D eigenvalue weighted by Gasteiger charge is 2.13. The first kappa shape index (κ1) is 16.4. The number of imidazole rings is 1. The highest BCUT2D eigenvalue weighted by Crippen LogP contribution is 2.25. The SMILES string of the molecule is CCCc1nc2cnc3ccccc3c2n1CCCC(C)=NOC. The van der Waals surface area contributed by atoms with E-state index in [2.05, 4.69) is 39.8 Å². The summed E-state index contributed by atoms with van der Waals surface area (Å²) in [5.74, 6) is 1.15. The second kappa shape index (κ2) is 7.43. The third-order valence-electron chi connectivity index (χ3n) is 4.20. The fourth-order valence-corrected chi connectivity index (χ4v) is 3.16. The predicted octanol–water partition coefficient (Wildman–Crippen LogP) is 4.34. The van der Waals surface area contributed by atoms with E-state index in [0.29, 0.717) is 0 Å². The molecule has 5 nitrogen and oxygen atoms in total. The minimum absolute atomic E-state index is 0.919. The first-order valence-corrected chi connectivity index (χ1v) is 8.54. The summed E-state index contributed by atoms with van der Waals surface area (Å²) >= 11 is 0. The van der Waals surface area contributed by atoms with Crippen LogP contribution in [0.1, 0.15) is 38.9 Å². The number of benzene rings is 1. The quantitative estimate of drug-likeness (QED) is 0.480. The van der Waals surface area contributed by atoms with Crippen LogP contribution in [0.3, 0.4) is 0 Å². The maximum Gasteiger partial charge on any atom is 0.109 e. The lowest BCUT2D eigenvalue weighted by molar-refractivity contribution is 0.212. The third kappa shape index (κ3) is 3.25. The molecule has 126 valence electrons. The molecule has 0 fully saturated rings. The number of aromatic nitrogens is 3. The molecule has 0 spiro atoms. The van der Waals surface area contributed by atoms with E-state index in [9.17, 15) is 0 Å². The minimum atomic E-state index is 0.919. The Balaban J connectivity index is 2.01. The molecule has 0 bridgehead atoms. The lowest BCUT2D eigenvalue weighted by Crippen LogP contribution is -2.06. The Morgan fingerprint density at radius 3 is 2.88 bits per heavy atom. The van der Waals surface area contributed by atoms with Crippen LogP contribution in [0.4, 0.5) is 0 Å². The van der Waals surface area contributed by atoms with Crippen molar-refractivity contribution in [3.63, 3.8) is 0 Å². The molecular formula is C19H24N4O. The van der Waals surface area contributed by atoms with Crippen molar-refractivity contribution in [2.24, 2.45) is 5.16 Å². The van der Waals surface area contributed by atoms with Crippen LogP contribution in [0.2, 0.25) is 0 Å². The second-order valence-corrected chi connectivity index (χ2v) is 6.05. The molecule has 0 atom stereocenters. The zero-order valence-corrected chi connectivity index (χ0v) is 14.6. The summed E-state index contributed by atoms with van der Waals surface area (Å²) in [6.07, 6.45) is 5.89. The number of nitrogens with zero attached hydrogens (tertiary/aromatic N) is 4. The zero-order chi connectivity index (χ0) is 16.9. The van der Waals surface area contributed by atoms with Gasteiger partial charge in [0.2, 0.25) is 0 Å². The van der Waals surface area contributed by atoms with Gasteiger partial charge in [-0.05, 0) is 32.3 Å². The van der Waals surface area contributed by atoms with Crippen LogP contribution >= 0.6 is 0 Å². The van der Waals surface area contributed by atoms with Crippen molar-refractivity contribution in [2.75, 3.05) is 7.11 Å². The molecule has 0 saturated carbocycles. The van der Waals surface area contributed by atoms with Gasteiger partial charge >= 0.3 is 0 Å². The van der Waals surface area contributed by atoms with Gasteiger partial charge in [-0.3, -0.25) is 4.98 Å². The Labute approximate surface area is 142 Å². The summed E-state index contributed by atoms with van der Waals surface area (Å²) in [5.41, 5.74) is 4.22. The van der Waals surface area contributed by atoms with Crippen molar-refractivity contribution in [1.29, 1.82) is 0 Å². The van der Waals surface area contributed by atoms with Crippen LogP contribution in [-0.4, -0.2) is 27.4 Å². The Hall–Kier alpha value is -2.43. The number of oxime groups is 1. The van der Waals surface area contributed by atoms with Crippen molar-refractivity contribution in [1.82, 2.24) is 14.5 Å². The van der Waals surface area contributed by atoms with Crippen LogP contribution in [-0.2, 0) is 17.8 Å². The maximum absolute atomic E-state index is 4.84. The van der Waals surface area contributed by atoms with E-state index in [1.54, 1.807) is 7.11 Å². The van der Waals surface area contributed by atoms with E-state index in [1.807, 2.05) is 19.2 Å². The van der Waals surface area contributed by atoms with E-state index in [0.717, 1.165) is 54.8 Å². The molecule has 0 aliphatic rings. The lowest BCUT2D eigenvalue weighted by Gasteiger charge is -2.10. The Morgan fingerprint density at radius 1 is 1.25 bits per heavy atom. The highest BCUT2D eigenvalue weighted by atomic mass is 16.6. The molecule has 5 heteroatoms. The number of aryl methyl sites for hydroxylation is 2. The Morgan fingerprint density at radius 2 is 2.08 bits per heavy atom. The van der Waals surface area contributed by atoms with Gasteiger partial charge in [0.25, 0.3) is 0 Å². The van der Waals surface area contributed by atoms with Crippen molar-refractivity contribution in [2.45, 2.75) is 46.1 Å². The van der Waals surface area contributed by atoms with Gasteiger partial charge in [0.15, 0.2) is 0 Å². The number of rotatable bonds is 7. The topological polar surface area (TPSA) is 52.3 Å². The van der Waals surface area contributed by atoms with Crippen molar-refractivity contribution in [3.05, 3.63) is 36.3 Å². The first-order valence-electron chi connectivity index (χ1n) is 8.54. The lowest BCUT2D eigenvalue weighted by atomic mass is 10.2. The number of fused-ring (bicyclic) bond motifs is 3. The van der Waals surface area contributed by atoms with Gasteiger partial charge in [-0.25, -0.2) is 4.98 Å². The monoisotopic (exact) mass is 324 g/mol. The van der Waals surface area contributed by atoms with Crippen LogP contribution in [0.25, 0.3) is 21.9 Å². The molecule has 0 radical (unpaired) electrons. The van der Waals surface area contributed by atoms with Gasteiger partial charge in [-0.2, -0.15) is 0 Å². The van der Waals surface area contributed by atoms with Crippen LogP contribution in [0, 0.1) is 0 Å². The normalized spacial score (nSPS) is 12.2. The Kier molecular flexibility index (Phi) is 5.08. The van der Waals surface area contributed by atoms with Crippen molar-refractivity contribution >= 4 is 27.6 Å². The molecular weight excluding hydrogens is 300 g/mol. The molecule has 3 rings (SSSR count). The molecule has 2 aromatic heterocycles. The Bertz CT molecular complexity index is 866. The number of para-hydroxylation sites is 1. The fraction of sp³-hybridized carbons (Fsp3) is 0.421. The number of hydrogen-bond acceptors (Lipinski definition) is 4. The summed E-state index contributed by atoms with van der Waals surface area (Å²) in [6.45, 7) is 5.12. The molecule has 0 amide bonds. The minimum Gasteiger partial charge on any atom is -0.399 e. The molecule has 0 aliphatic heterocycles. The van der Waals surface area contributed by atoms with Gasteiger partial charge in [0.1, 0.15) is 18.5 Å². The maximum atomic E-state index is 4.84. The summed E-state index contributed by atoms with van der Waals surface area (Å²) in [6, 6.07) is 8.28. The summed E-state index contributed by atoms with van der Waals surface area (Å²) < 4.78 is 2.36. The fourth-order valence-electron chi connectivity index (χ4n) is 3.16. The van der Waals surface area contributed by atoms with E-state index < -0.39 is 0 Å². The molecule has 3 aromatic rings. The van der Waals surface area contributed by atoms with Crippen molar-refractivity contribution < 1.29 is 4.84 Å². The van der Waals surface area contributed by atoms with Gasteiger partial charge in [-0.15, -0.1) is 0 Å². The highest BCUT2D eigenvalue weighted by molar-refractivity contribution is 6.02. The number of pyridine rings is 1. The van der Waals surface area contributed by atoms with Gasteiger partial charge in [0.05, 0.1) is 22.9 Å². The predicted molar refractivity (Wildman–Crippen MR) is 98.4 cm³/mol. The van der Waals surface area contributed by atoms with Gasteiger partial charge < -0.3 is 9.40 Å². The van der Waals surface area contributed by atoms with Crippen LogP contribution < -0.4 is 0 Å². The van der Waals surface area contributed by atoms with E-state index in [4.69, 9.17) is 9.82 Å². The standard InChI is InChI=1S/C19H24N4O/c1-4-8-18-21-17-13-20-16-11-6-5-10-15(16)19(17)23(18)12-7-9-14(2)22-24-3/h5-6,10-11,13H,4,7-9,12H2,1-3H3. The summed E-state index contributed by atoms with van der Waals surface area (Å²) in [5, 5.41) is 5.17. The van der Waals surface area contributed by atoms with Gasteiger partial charge in [-0.1, -0.05) is 30.3 Å². The summed E-state index contributed by atoms with van der Waals surface area (Å²) in [4.78, 5) is 14.2. The molecule has 1 aromatic carbocycles. The molecule has 24 heavy (non-hydrogen) atoms. The van der Waals surface area contributed by atoms with Crippen molar-refractivity contribution in [3.8, 4) is 0 Å². The largest absolute Gasteiger partial charge is 0.399 e. The molecule has 0 saturated heterocycles. The summed E-state index contributed by atoms with van der Waals surface area (Å²) in [7, 11) is 1.59. The second-order valence-electron chi connectivity index (χ2n) is 6.05. The zero-order valence-electron chi connectivity index (χ0n) is 14.6. The third-order valence-corrected chi connectivity index (χ3v) is 4.20. The van der Waals surface area contributed by atoms with E-state index >= 15 is 0 Å². The average Bonchev–Trinajstić information content (AvgIpc) is 2.93. The molecule has 2 heterocycles. The molecule has 0 N–H and O–H groups in total. The first-order chi connectivity index (χ1) is 11.7. The number of hydrogen-bond donors (Lipinski definition) is 0. The van der Waals surface area contributed by atoms with E-state index in [1.165, 1.54) is 10.9 Å². The van der Waals surface area contributed by atoms with Crippen LogP contribution in [0.5, 0.6) is 0 Å². The van der Waals surface area contributed by atoms with Crippen LogP contribution in [0.15, 0.2) is 35.6 Å².